The zero-order chi connectivity index (χ0) is 17.8. The fourth-order valence-corrected chi connectivity index (χ4v) is 6.56. The van der Waals surface area contributed by atoms with E-state index in [1.54, 1.807) is 5.57 Å². The molecule has 0 spiro atoms. The van der Waals surface area contributed by atoms with Crippen molar-refractivity contribution in [1.29, 1.82) is 0 Å². The van der Waals surface area contributed by atoms with Gasteiger partial charge in [-0.3, -0.25) is 4.79 Å². The maximum absolute atomic E-state index is 12.7. The van der Waals surface area contributed by atoms with E-state index in [0.717, 1.165) is 31.1 Å². The first-order valence-corrected chi connectivity index (χ1v) is 10.5. The van der Waals surface area contributed by atoms with Crippen molar-refractivity contribution in [1.82, 2.24) is 0 Å². The molecule has 2 fully saturated rings. The van der Waals surface area contributed by atoms with Crippen LogP contribution in [0.3, 0.4) is 0 Å². The van der Waals surface area contributed by atoms with Crippen molar-refractivity contribution in [3.63, 3.8) is 0 Å². The van der Waals surface area contributed by atoms with E-state index in [1.165, 1.54) is 36.8 Å². The summed E-state index contributed by atoms with van der Waals surface area (Å²) >= 11 is 0. The molecule has 0 aromatic rings. The highest BCUT2D eigenvalue weighted by molar-refractivity contribution is 5.97. The molecule has 0 saturated heterocycles. The van der Waals surface area contributed by atoms with Crippen molar-refractivity contribution >= 4 is 5.78 Å². The monoisotopic (exact) mass is 338 g/mol. The van der Waals surface area contributed by atoms with Crippen LogP contribution in [0.2, 0.25) is 0 Å². The van der Waals surface area contributed by atoms with Crippen LogP contribution in [0.4, 0.5) is 0 Å². The van der Waals surface area contributed by atoms with E-state index < -0.39 is 0 Å². The van der Waals surface area contributed by atoms with E-state index in [0.29, 0.717) is 29.0 Å². The second kappa shape index (κ2) is 6.25. The SMILES string of the molecule is CC(C)=CCC[C@H](C)[C@@H]1CCC(=O)C2=CCC3=CCC[C@]4(C)[C@H]([C@H]21)[C@H]34. The van der Waals surface area contributed by atoms with Gasteiger partial charge < -0.3 is 0 Å². The number of ketones is 1. The molecule has 1 heteroatoms. The van der Waals surface area contributed by atoms with Gasteiger partial charge in [0, 0.05) is 6.42 Å². The van der Waals surface area contributed by atoms with E-state index in [1.807, 2.05) is 0 Å². The zero-order valence-electron chi connectivity index (χ0n) is 16.5. The lowest BCUT2D eigenvalue weighted by molar-refractivity contribution is -0.118. The van der Waals surface area contributed by atoms with Crippen LogP contribution in [0.15, 0.2) is 34.9 Å². The third kappa shape index (κ3) is 2.78. The normalized spacial score (nSPS) is 40.1. The number of hydrogen-bond acceptors (Lipinski definition) is 1. The summed E-state index contributed by atoms with van der Waals surface area (Å²) in [5, 5.41) is 0. The zero-order valence-corrected chi connectivity index (χ0v) is 16.5. The van der Waals surface area contributed by atoms with Crippen molar-refractivity contribution < 1.29 is 4.79 Å². The predicted octanol–water partition coefficient (Wildman–Crippen LogP) is 6.27. The van der Waals surface area contributed by atoms with Crippen molar-refractivity contribution in [2.75, 3.05) is 0 Å². The molecule has 0 radical (unpaired) electrons. The highest BCUT2D eigenvalue weighted by Gasteiger charge is 2.67. The Morgan fingerprint density at radius 2 is 2.16 bits per heavy atom. The number of hydrogen-bond donors (Lipinski definition) is 0. The Morgan fingerprint density at radius 1 is 1.36 bits per heavy atom. The number of fused-ring (bicyclic) bond motifs is 3. The molecule has 0 aromatic heterocycles. The quantitative estimate of drug-likeness (QED) is 0.552. The van der Waals surface area contributed by atoms with Crippen LogP contribution in [0.1, 0.15) is 72.6 Å². The molecular formula is C24H34O. The van der Waals surface area contributed by atoms with Crippen LogP contribution in [-0.2, 0) is 4.79 Å². The third-order valence-electron chi connectivity index (χ3n) is 7.91. The first-order chi connectivity index (χ1) is 11.9. The van der Waals surface area contributed by atoms with Crippen LogP contribution < -0.4 is 0 Å². The fourth-order valence-electron chi connectivity index (χ4n) is 6.56. The summed E-state index contributed by atoms with van der Waals surface area (Å²) in [6.45, 7) is 9.36. The number of Topliss-reactive ketones (excluding diaryl/α,β-unsaturated/α-hetero) is 1. The molecule has 136 valence electrons. The lowest BCUT2D eigenvalue weighted by Gasteiger charge is -2.38. The van der Waals surface area contributed by atoms with Crippen LogP contribution in [-0.4, -0.2) is 5.78 Å². The van der Waals surface area contributed by atoms with Gasteiger partial charge in [0.15, 0.2) is 5.78 Å². The third-order valence-corrected chi connectivity index (χ3v) is 7.91. The molecule has 6 atom stereocenters. The molecule has 0 N–H and O–H groups in total. The van der Waals surface area contributed by atoms with E-state index in [9.17, 15) is 4.79 Å². The van der Waals surface area contributed by atoms with Crippen molar-refractivity contribution in [2.45, 2.75) is 72.6 Å². The van der Waals surface area contributed by atoms with Gasteiger partial charge in [-0.2, -0.15) is 0 Å². The predicted molar refractivity (Wildman–Crippen MR) is 104 cm³/mol. The van der Waals surface area contributed by atoms with Crippen LogP contribution in [0.5, 0.6) is 0 Å². The molecule has 0 amide bonds. The summed E-state index contributed by atoms with van der Waals surface area (Å²) in [7, 11) is 0. The highest BCUT2D eigenvalue weighted by Crippen LogP contribution is 2.73. The van der Waals surface area contributed by atoms with Gasteiger partial charge in [0.2, 0.25) is 0 Å². The Bertz CT molecular complexity index is 660. The molecule has 2 saturated carbocycles. The molecule has 0 heterocycles. The van der Waals surface area contributed by atoms with E-state index in [2.05, 4.69) is 45.9 Å². The molecule has 25 heavy (non-hydrogen) atoms. The number of allylic oxidation sites excluding steroid dienone is 6. The maximum Gasteiger partial charge on any atom is 0.158 e. The number of rotatable bonds is 4. The van der Waals surface area contributed by atoms with Gasteiger partial charge in [-0.1, -0.05) is 43.2 Å². The van der Waals surface area contributed by atoms with E-state index >= 15 is 0 Å². The Kier molecular flexibility index (Phi) is 4.33. The molecule has 0 aromatic carbocycles. The molecule has 0 bridgehead atoms. The van der Waals surface area contributed by atoms with E-state index in [-0.39, 0.29) is 0 Å². The highest BCUT2D eigenvalue weighted by atomic mass is 16.1. The second-order valence-corrected chi connectivity index (χ2v) is 9.68. The van der Waals surface area contributed by atoms with Crippen LogP contribution in [0, 0.1) is 35.0 Å². The minimum Gasteiger partial charge on any atom is -0.295 e. The average Bonchev–Trinajstić information content (AvgIpc) is 3.23. The molecule has 0 unspecified atom stereocenters. The Labute approximate surface area is 153 Å². The molecule has 4 aliphatic rings. The van der Waals surface area contributed by atoms with Crippen LogP contribution in [0.25, 0.3) is 0 Å². The van der Waals surface area contributed by atoms with Gasteiger partial charge in [-0.15, -0.1) is 0 Å². The minimum atomic E-state index is 0.465. The minimum absolute atomic E-state index is 0.465. The molecular weight excluding hydrogens is 304 g/mol. The van der Waals surface area contributed by atoms with Gasteiger partial charge >= 0.3 is 0 Å². The average molecular weight is 339 g/mol. The number of carbonyl (C=O) groups excluding carboxylic acids is 1. The summed E-state index contributed by atoms with van der Waals surface area (Å²) in [5.74, 6) is 3.96. The molecule has 4 rings (SSSR count). The van der Waals surface area contributed by atoms with Gasteiger partial charge in [0.25, 0.3) is 0 Å². The summed E-state index contributed by atoms with van der Waals surface area (Å²) in [6, 6.07) is 0. The first kappa shape index (κ1) is 17.3. The summed E-state index contributed by atoms with van der Waals surface area (Å²) in [6.07, 6.45) is 15.2. The topological polar surface area (TPSA) is 17.1 Å². The molecule has 1 nitrogen and oxygen atoms in total. The maximum atomic E-state index is 12.7. The summed E-state index contributed by atoms with van der Waals surface area (Å²) in [5.41, 5.74) is 4.80. The smallest absolute Gasteiger partial charge is 0.158 e. The summed E-state index contributed by atoms with van der Waals surface area (Å²) < 4.78 is 0. The lowest BCUT2D eigenvalue weighted by Crippen LogP contribution is -2.34. The molecule has 4 aliphatic carbocycles. The van der Waals surface area contributed by atoms with Crippen molar-refractivity contribution in [3.8, 4) is 0 Å². The standard InChI is InChI=1S/C24H34O/c1-15(2)7-5-8-16(3)18-12-13-20(25)19-11-10-17-9-6-14-24(4)22(17)23(24)21(18)19/h7,9,11,16,18,21-23H,5-6,8,10,12-14H2,1-4H3/t16-,18-,21-,22-,23+,24-/m0/s1. The Balaban J connectivity index is 1.61. The van der Waals surface area contributed by atoms with Gasteiger partial charge in [-0.25, -0.2) is 0 Å². The number of carbonyl (C=O) groups is 1. The van der Waals surface area contributed by atoms with Gasteiger partial charge in [0.05, 0.1) is 0 Å². The van der Waals surface area contributed by atoms with Crippen LogP contribution >= 0.6 is 0 Å². The van der Waals surface area contributed by atoms with E-state index in [4.69, 9.17) is 0 Å². The largest absolute Gasteiger partial charge is 0.295 e. The van der Waals surface area contributed by atoms with Gasteiger partial charge in [-0.05, 0) is 93.0 Å². The second-order valence-electron chi connectivity index (χ2n) is 9.68. The molecule has 0 aliphatic heterocycles. The fraction of sp³-hybridized carbons (Fsp3) is 0.708. The Hall–Kier alpha value is -1.11. The first-order valence-electron chi connectivity index (χ1n) is 10.5. The summed E-state index contributed by atoms with van der Waals surface area (Å²) in [4.78, 5) is 12.7. The van der Waals surface area contributed by atoms with Crippen molar-refractivity contribution in [2.24, 2.45) is 35.0 Å². The Morgan fingerprint density at radius 3 is 2.92 bits per heavy atom. The lowest BCUT2D eigenvalue weighted by atomic mass is 9.65. The van der Waals surface area contributed by atoms with Crippen molar-refractivity contribution in [3.05, 3.63) is 34.9 Å². The van der Waals surface area contributed by atoms with Gasteiger partial charge in [0.1, 0.15) is 0 Å².